The molecule has 0 bridgehead atoms. The normalized spacial score (nSPS) is 25.9. The lowest BCUT2D eigenvalue weighted by Crippen LogP contribution is -2.57. The van der Waals surface area contributed by atoms with Crippen LogP contribution in [0.1, 0.15) is 37.7 Å². The van der Waals surface area contributed by atoms with E-state index in [1.54, 1.807) is 0 Å². The van der Waals surface area contributed by atoms with Gasteiger partial charge in [-0.2, -0.15) is 0 Å². The van der Waals surface area contributed by atoms with E-state index in [2.05, 4.69) is 4.90 Å². The molecule has 29 heavy (non-hydrogen) atoms. The Hall–Kier alpha value is -1.63. The van der Waals surface area contributed by atoms with Gasteiger partial charge in [-0.1, -0.05) is 17.7 Å². The molecule has 0 saturated carbocycles. The van der Waals surface area contributed by atoms with Crippen LogP contribution in [0, 0.1) is 12.3 Å². The van der Waals surface area contributed by atoms with Crippen molar-refractivity contribution in [3.8, 4) is 5.75 Å². The van der Waals surface area contributed by atoms with Gasteiger partial charge in [0, 0.05) is 45.4 Å². The van der Waals surface area contributed by atoms with Crippen LogP contribution in [-0.4, -0.2) is 79.0 Å². The smallest absolute Gasteiger partial charge is 0.260 e. The lowest BCUT2D eigenvalue weighted by molar-refractivity contribution is -0.137. The summed E-state index contributed by atoms with van der Waals surface area (Å²) in [4.78, 5) is 17.0. The fourth-order valence-electron chi connectivity index (χ4n) is 5.19. The molecule has 3 aliphatic rings. The largest absolute Gasteiger partial charge is 0.484 e. The van der Waals surface area contributed by atoms with Gasteiger partial charge in [-0.05, 0) is 56.6 Å². The van der Waals surface area contributed by atoms with E-state index in [9.17, 15) is 9.90 Å². The fraction of sp³-hybridized carbons (Fsp3) is 0.696. The maximum Gasteiger partial charge on any atom is 0.260 e. The Balaban J connectivity index is 1.29. The summed E-state index contributed by atoms with van der Waals surface area (Å²) in [5.74, 6) is 0.790. The zero-order valence-electron chi connectivity index (χ0n) is 17.5. The van der Waals surface area contributed by atoms with E-state index < -0.39 is 0 Å². The molecule has 1 N–H and O–H groups in total. The lowest BCUT2D eigenvalue weighted by atomic mass is 9.71. The van der Waals surface area contributed by atoms with E-state index in [-0.39, 0.29) is 24.0 Å². The third kappa shape index (κ3) is 5.11. The van der Waals surface area contributed by atoms with Crippen molar-refractivity contribution < 1.29 is 19.4 Å². The highest BCUT2D eigenvalue weighted by atomic mass is 16.5. The molecule has 0 radical (unpaired) electrons. The van der Waals surface area contributed by atoms with E-state index in [1.165, 1.54) is 5.56 Å². The van der Waals surface area contributed by atoms with E-state index in [4.69, 9.17) is 9.47 Å². The Morgan fingerprint density at radius 3 is 2.59 bits per heavy atom. The van der Waals surface area contributed by atoms with Crippen molar-refractivity contribution in [3.63, 3.8) is 0 Å². The highest BCUT2D eigenvalue weighted by Crippen LogP contribution is 2.41. The van der Waals surface area contributed by atoms with Crippen LogP contribution in [0.15, 0.2) is 24.3 Å². The number of aryl methyl sites for hydroxylation is 1. The second kappa shape index (κ2) is 9.02. The molecule has 0 aliphatic carbocycles. The highest BCUT2D eigenvalue weighted by Gasteiger charge is 2.43. The lowest BCUT2D eigenvalue weighted by Gasteiger charge is -2.51. The summed E-state index contributed by atoms with van der Waals surface area (Å²) in [6.45, 7) is 7.10. The van der Waals surface area contributed by atoms with Crippen LogP contribution in [-0.2, 0) is 9.53 Å². The molecule has 4 rings (SSSR count). The molecule has 1 atom stereocenters. The number of hydrogen-bond acceptors (Lipinski definition) is 5. The maximum atomic E-state index is 12.6. The van der Waals surface area contributed by atoms with Crippen LogP contribution in [0.3, 0.4) is 0 Å². The molecule has 1 unspecified atom stereocenters. The number of piperidine rings is 2. The van der Waals surface area contributed by atoms with Crippen molar-refractivity contribution in [2.45, 2.75) is 51.2 Å². The molecule has 3 saturated heterocycles. The Bertz CT molecular complexity index is 679. The minimum atomic E-state index is -0.265. The first-order valence-electron chi connectivity index (χ1n) is 11.0. The number of carbonyl (C=O) groups is 1. The van der Waals surface area contributed by atoms with E-state index in [1.807, 2.05) is 36.1 Å². The number of aliphatic hydroxyl groups is 1. The number of β-amino-alcohol motifs (C(OH)–C–C–N with tert-alkyl or cyclic N) is 1. The van der Waals surface area contributed by atoms with Gasteiger partial charge in [0.25, 0.3) is 5.91 Å². The number of hydrogen-bond donors (Lipinski definition) is 1. The van der Waals surface area contributed by atoms with Crippen molar-refractivity contribution in [2.75, 3.05) is 46.0 Å². The summed E-state index contributed by atoms with van der Waals surface area (Å²) >= 11 is 0. The van der Waals surface area contributed by atoms with Crippen LogP contribution in [0.5, 0.6) is 5.75 Å². The van der Waals surface area contributed by atoms with Gasteiger partial charge < -0.3 is 19.5 Å². The molecule has 3 heterocycles. The summed E-state index contributed by atoms with van der Waals surface area (Å²) < 4.78 is 11.2. The minimum absolute atomic E-state index is 0.0538. The quantitative estimate of drug-likeness (QED) is 0.837. The summed E-state index contributed by atoms with van der Waals surface area (Å²) in [7, 11) is 0. The Morgan fingerprint density at radius 2 is 1.90 bits per heavy atom. The molecule has 6 nitrogen and oxygen atoms in total. The summed E-state index contributed by atoms with van der Waals surface area (Å²) in [6.07, 6.45) is 4.63. The van der Waals surface area contributed by atoms with Gasteiger partial charge in [-0.15, -0.1) is 0 Å². The molecule has 3 fully saturated rings. The monoisotopic (exact) mass is 402 g/mol. The van der Waals surface area contributed by atoms with Crippen molar-refractivity contribution in [1.29, 1.82) is 0 Å². The first-order chi connectivity index (χ1) is 14.0. The minimum Gasteiger partial charge on any atom is -0.484 e. The number of rotatable bonds is 4. The number of carbonyl (C=O) groups excluding carboxylic acids is 1. The standard InChI is InChI=1S/C23H34N2O4/c1-18-2-4-21(5-3-18)29-16-22(27)24-10-8-23(9-11-24)14-20(26)15-25(17-23)19-6-12-28-13-7-19/h2-5,19-20,26H,6-17H2,1H3. The highest BCUT2D eigenvalue weighted by molar-refractivity contribution is 5.77. The zero-order valence-corrected chi connectivity index (χ0v) is 17.5. The van der Waals surface area contributed by atoms with Gasteiger partial charge in [0.15, 0.2) is 6.61 Å². The fourth-order valence-corrected chi connectivity index (χ4v) is 5.19. The Kier molecular flexibility index (Phi) is 6.42. The van der Waals surface area contributed by atoms with Gasteiger partial charge in [-0.3, -0.25) is 9.69 Å². The summed E-state index contributed by atoms with van der Waals surface area (Å²) in [6, 6.07) is 8.31. The van der Waals surface area contributed by atoms with Crippen LogP contribution < -0.4 is 4.74 Å². The molecule has 0 aromatic heterocycles. The van der Waals surface area contributed by atoms with Crippen LogP contribution in [0.4, 0.5) is 0 Å². The van der Waals surface area contributed by atoms with Gasteiger partial charge in [0.1, 0.15) is 5.75 Å². The molecule has 1 aromatic rings. The average molecular weight is 403 g/mol. The molecule has 3 aliphatic heterocycles. The summed E-state index contributed by atoms with van der Waals surface area (Å²) in [5, 5.41) is 10.6. The first-order valence-corrected chi connectivity index (χ1v) is 11.0. The van der Waals surface area contributed by atoms with Gasteiger partial charge in [0.2, 0.25) is 0 Å². The van der Waals surface area contributed by atoms with Crippen molar-refractivity contribution in [1.82, 2.24) is 9.80 Å². The van der Waals surface area contributed by atoms with E-state index in [0.717, 1.165) is 77.2 Å². The Labute approximate surface area is 173 Å². The van der Waals surface area contributed by atoms with Crippen molar-refractivity contribution in [3.05, 3.63) is 29.8 Å². The van der Waals surface area contributed by atoms with Crippen molar-refractivity contribution in [2.24, 2.45) is 5.41 Å². The number of amides is 1. The van der Waals surface area contributed by atoms with Crippen LogP contribution in [0.2, 0.25) is 0 Å². The number of nitrogens with zero attached hydrogens (tertiary/aromatic N) is 2. The predicted octanol–water partition coefficient (Wildman–Crippen LogP) is 2.23. The topological polar surface area (TPSA) is 62.2 Å². The van der Waals surface area contributed by atoms with Gasteiger partial charge >= 0.3 is 0 Å². The first kappa shape index (κ1) is 20.6. The number of benzene rings is 1. The van der Waals surface area contributed by atoms with Crippen LogP contribution in [0.25, 0.3) is 0 Å². The number of likely N-dealkylation sites (tertiary alicyclic amines) is 2. The average Bonchev–Trinajstić information content (AvgIpc) is 2.74. The molecule has 1 amide bonds. The third-order valence-electron chi connectivity index (χ3n) is 6.92. The molecular formula is C23H34N2O4. The van der Waals surface area contributed by atoms with Gasteiger partial charge in [-0.25, -0.2) is 0 Å². The maximum absolute atomic E-state index is 12.6. The van der Waals surface area contributed by atoms with Gasteiger partial charge in [0.05, 0.1) is 6.10 Å². The Morgan fingerprint density at radius 1 is 1.21 bits per heavy atom. The SMILES string of the molecule is Cc1ccc(OCC(=O)N2CCC3(CC2)CC(O)CN(C2CCOCC2)C3)cc1. The third-order valence-corrected chi connectivity index (χ3v) is 6.92. The van der Waals surface area contributed by atoms with E-state index in [0.29, 0.717) is 6.04 Å². The molecule has 1 spiro atoms. The number of aliphatic hydroxyl groups excluding tert-OH is 1. The predicted molar refractivity (Wildman–Crippen MR) is 111 cm³/mol. The molecular weight excluding hydrogens is 368 g/mol. The zero-order chi connectivity index (χ0) is 20.3. The molecule has 160 valence electrons. The van der Waals surface area contributed by atoms with Crippen LogP contribution >= 0.6 is 0 Å². The molecule has 6 heteroatoms. The second-order valence-electron chi connectivity index (χ2n) is 9.11. The summed E-state index contributed by atoms with van der Waals surface area (Å²) in [5.41, 5.74) is 1.30. The number of ether oxygens (including phenoxy) is 2. The van der Waals surface area contributed by atoms with Crippen molar-refractivity contribution >= 4 is 5.91 Å². The second-order valence-corrected chi connectivity index (χ2v) is 9.11. The molecule has 1 aromatic carbocycles. The van der Waals surface area contributed by atoms with E-state index >= 15 is 0 Å².